The Morgan fingerprint density at radius 2 is 1.69 bits per heavy atom. The number of Topliss-reactive ketones (excluding diaryl/α,β-unsaturated/α-hetero) is 1. The molecule has 2 saturated carbocycles. The van der Waals surface area contributed by atoms with Crippen molar-refractivity contribution in [3.05, 3.63) is 47.0 Å². The van der Waals surface area contributed by atoms with Crippen molar-refractivity contribution in [1.82, 2.24) is 0 Å². The van der Waals surface area contributed by atoms with Crippen molar-refractivity contribution in [1.29, 1.82) is 0 Å². The van der Waals surface area contributed by atoms with Crippen LogP contribution >= 0.6 is 0 Å². The summed E-state index contributed by atoms with van der Waals surface area (Å²) in [6, 6.07) is 7.90. The molecule has 0 amide bonds. The van der Waals surface area contributed by atoms with E-state index in [4.69, 9.17) is 15.4 Å². The molecule has 228 valence electrons. The van der Waals surface area contributed by atoms with Crippen molar-refractivity contribution >= 4 is 5.78 Å². The second-order valence-corrected chi connectivity index (χ2v) is 13.3. The number of ketones is 1. The Bertz CT molecular complexity index is 1200. The van der Waals surface area contributed by atoms with Gasteiger partial charge in [-0.25, -0.2) is 4.89 Å². The third-order valence-corrected chi connectivity index (χ3v) is 11.4. The molecule has 2 radical (unpaired) electrons. The maximum atomic E-state index is 14.2. The van der Waals surface area contributed by atoms with Gasteiger partial charge in [-0.2, -0.15) is 0 Å². The van der Waals surface area contributed by atoms with E-state index in [0.717, 1.165) is 0 Å². The van der Waals surface area contributed by atoms with E-state index in [-0.39, 0.29) is 113 Å². The topological polar surface area (TPSA) is 183 Å². The Morgan fingerprint density at radius 3 is 2.21 bits per heavy atom. The minimum absolute atomic E-state index is 0. The van der Waals surface area contributed by atoms with Gasteiger partial charge in [-0.1, -0.05) is 56.7 Å². The summed E-state index contributed by atoms with van der Waals surface area (Å²) in [6.07, 6.45) is -6.39. The van der Waals surface area contributed by atoms with E-state index in [0.29, 0.717) is 11.1 Å². The number of hydrogen-bond donors (Lipinski definition) is 7. The molecule has 3 fully saturated rings. The summed E-state index contributed by atoms with van der Waals surface area (Å²) >= 11 is 0. The Balaban J connectivity index is 0.00000242. The summed E-state index contributed by atoms with van der Waals surface area (Å²) in [5, 5.41) is 69.0. The molecule has 12 heteroatoms. The van der Waals surface area contributed by atoms with Crippen molar-refractivity contribution < 1.29 is 133 Å². The number of carbonyl (C=O) groups is 1. The fourth-order valence-corrected chi connectivity index (χ4v) is 8.87. The van der Waals surface area contributed by atoms with E-state index in [1.807, 2.05) is 6.07 Å². The Morgan fingerprint density at radius 1 is 1.10 bits per heavy atom. The van der Waals surface area contributed by atoms with Gasteiger partial charge >= 0.3 is 0 Å². The summed E-state index contributed by atoms with van der Waals surface area (Å²) in [5.74, 6) is -3.25. The Labute approximate surface area is 318 Å². The van der Waals surface area contributed by atoms with Crippen LogP contribution in [0.5, 0.6) is 0 Å². The van der Waals surface area contributed by atoms with Crippen LogP contribution in [0.15, 0.2) is 41.5 Å². The normalized spacial score (nSPS) is 42.7. The average Bonchev–Trinajstić information content (AvgIpc) is 2.92. The van der Waals surface area contributed by atoms with Crippen molar-refractivity contribution in [2.75, 3.05) is 6.61 Å². The summed E-state index contributed by atoms with van der Waals surface area (Å²) in [5.41, 5.74) is 1.80. The molecule has 8 N–H and O–H groups in total. The minimum atomic E-state index is -1.72. The molecule has 3 aliphatic carbocycles. The van der Waals surface area contributed by atoms with Crippen LogP contribution in [0.1, 0.15) is 59.1 Å². The predicted molar refractivity (Wildman–Crippen MR) is 144 cm³/mol. The molecule has 42 heavy (non-hydrogen) atoms. The zero-order valence-corrected chi connectivity index (χ0v) is 34.3. The van der Waals surface area contributed by atoms with Crippen LogP contribution in [0, 0.1) is 117 Å². The number of aliphatic hydroxyl groups excluding tert-OH is 3. The Hall–Kier alpha value is 1.15. The van der Waals surface area contributed by atoms with E-state index in [9.17, 15) is 35.6 Å². The maximum Gasteiger partial charge on any atom is 0.174 e. The van der Waals surface area contributed by atoms with Crippen LogP contribution in [-0.4, -0.2) is 84.9 Å². The largest absolute Gasteiger partial charge is 0.392 e. The number of rotatable bonds is 5. The van der Waals surface area contributed by atoms with Gasteiger partial charge in [0.2, 0.25) is 0 Å². The van der Waals surface area contributed by atoms with E-state index < -0.39 is 82.1 Å². The second-order valence-electron chi connectivity index (χ2n) is 13.3. The van der Waals surface area contributed by atoms with Crippen LogP contribution in [0.3, 0.4) is 0 Å². The van der Waals surface area contributed by atoms with Gasteiger partial charge < -0.3 is 36.0 Å². The number of ether oxygens (including phenoxy) is 1. The predicted octanol–water partition coefficient (Wildman–Crippen LogP) is 1.10. The van der Waals surface area contributed by atoms with Crippen molar-refractivity contribution in [2.45, 2.75) is 95.2 Å². The smallest absolute Gasteiger partial charge is 0.174 e. The SMILES string of the molecule is CC1=C2C(O)C(=O)[C@]3(C)C(O)CC4OCC4(O)C3C(C)C(O)(CC1[C@@H](OO)C(O)C(N)c1ccccc1)C2(C)C.[Ac].[Ac]. The van der Waals surface area contributed by atoms with E-state index in [2.05, 4.69) is 0 Å². The molecular formula is C30H43Ac2NO9. The first kappa shape index (κ1) is 37.6. The quantitative estimate of drug-likeness (QED) is 0.128. The Kier molecular flexibility index (Phi) is 11.6. The van der Waals surface area contributed by atoms with Crippen molar-refractivity contribution in [3.63, 3.8) is 0 Å². The summed E-state index contributed by atoms with van der Waals surface area (Å²) < 4.78 is 5.59. The first-order valence-electron chi connectivity index (χ1n) is 14.1. The molecule has 10 nitrogen and oxygen atoms in total. The van der Waals surface area contributed by atoms with Gasteiger partial charge in [0.1, 0.15) is 23.9 Å². The number of benzene rings is 1. The molecule has 1 saturated heterocycles. The van der Waals surface area contributed by atoms with E-state index >= 15 is 0 Å². The average molecular weight is 1020 g/mol. The number of carbonyl (C=O) groups excluding carboxylic acids is 1. The van der Waals surface area contributed by atoms with Crippen LogP contribution in [0.4, 0.5) is 0 Å². The molecular weight excluding hydrogens is 972 g/mol. The van der Waals surface area contributed by atoms with Gasteiger partial charge in [0.05, 0.1) is 35.9 Å². The van der Waals surface area contributed by atoms with Gasteiger partial charge in [-0.15, -0.1) is 0 Å². The third-order valence-electron chi connectivity index (χ3n) is 11.4. The fraction of sp³-hybridized carbons (Fsp3) is 0.700. The van der Waals surface area contributed by atoms with Gasteiger partial charge in [-0.05, 0) is 37.3 Å². The van der Waals surface area contributed by atoms with Gasteiger partial charge in [0.15, 0.2) is 5.78 Å². The van der Waals surface area contributed by atoms with Crippen LogP contribution in [0.25, 0.3) is 0 Å². The third kappa shape index (κ3) is 5.18. The fourth-order valence-electron chi connectivity index (χ4n) is 8.87. The van der Waals surface area contributed by atoms with Gasteiger partial charge in [-0.3, -0.25) is 10.1 Å². The summed E-state index contributed by atoms with van der Waals surface area (Å²) in [4.78, 5) is 19.1. The zero-order chi connectivity index (χ0) is 29.6. The van der Waals surface area contributed by atoms with Gasteiger partial charge in [0, 0.05) is 112 Å². The molecule has 1 aliphatic heterocycles. The standard InChI is InChI=1S/C30H43NO9.2Ac/c1-14-17(24(40-38)23(34)21(31)16-9-7-6-8-10-16)12-30(37)15(2)25-28(5,18(32)11-19-29(25,36)13-39-19)26(35)22(33)20(14)27(30,3)4;;/h6-10,15,17-19,21-25,32-34,36-38H,11-13,31H2,1-5H3;;/t15?,17?,18?,19?,21?,22?,23?,24-,25?,28-,29?,30?;;/m1../s1. The molecule has 0 spiro atoms. The van der Waals surface area contributed by atoms with Crippen LogP contribution in [-0.2, 0) is 14.4 Å². The molecule has 10 unspecified atom stereocenters. The summed E-state index contributed by atoms with van der Waals surface area (Å²) in [7, 11) is 0. The molecule has 5 rings (SSSR count). The number of fused-ring (bicyclic) bond motifs is 5. The minimum Gasteiger partial charge on any atom is -0.392 e. The number of hydrogen-bond acceptors (Lipinski definition) is 10. The van der Waals surface area contributed by atoms with Gasteiger partial charge in [0.25, 0.3) is 0 Å². The molecule has 4 aliphatic rings. The number of aliphatic hydroxyl groups is 5. The monoisotopic (exact) mass is 1020 g/mol. The molecule has 1 aromatic rings. The molecule has 12 atom stereocenters. The van der Waals surface area contributed by atoms with Crippen molar-refractivity contribution in [3.8, 4) is 0 Å². The van der Waals surface area contributed by atoms with Crippen molar-refractivity contribution in [2.24, 2.45) is 34.3 Å². The molecule has 2 bridgehead atoms. The molecule has 1 heterocycles. The van der Waals surface area contributed by atoms with Crippen LogP contribution in [0.2, 0.25) is 0 Å². The van der Waals surface area contributed by atoms with E-state index in [1.54, 1.807) is 58.9 Å². The number of nitrogens with two attached hydrogens (primary N) is 1. The molecule has 0 aromatic heterocycles. The first-order valence-corrected chi connectivity index (χ1v) is 14.1. The second kappa shape index (κ2) is 13.0. The molecule has 1 aromatic carbocycles. The zero-order valence-electron chi connectivity index (χ0n) is 24.8. The first-order chi connectivity index (χ1) is 18.6. The van der Waals surface area contributed by atoms with E-state index in [1.165, 1.54) is 0 Å². The summed E-state index contributed by atoms with van der Waals surface area (Å²) in [6.45, 7) is 8.43. The maximum absolute atomic E-state index is 14.2. The van der Waals surface area contributed by atoms with Crippen LogP contribution < -0.4 is 5.73 Å².